The second-order valence-corrected chi connectivity index (χ2v) is 5.83. The number of carbonyl (C=O) groups is 2. The first kappa shape index (κ1) is 13.1. The molecule has 1 aliphatic rings. The van der Waals surface area contributed by atoms with Gasteiger partial charge in [-0.1, -0.05) is 6.92 Å². The van der Waals surface area contributed by atoms with Crippen LogP contribution in [0.25, 0.3) is 0 Å². The number of carboxylic acids is 1. The number of aromatic carboxylic acids is 1. The first-order valence-corrected chi connectivity index (χ1v) is 7.07. The van der Waals surface area contributed by atoms with Crippen molar-refractivity contribution in [1.82, 2.24) is 0 Å². The van der Waals surface area contributed by atoms with Crippen molar-refractivity contribution in [2.75, 3.05) is 5.32 Å². The number of anilines is 1. The molecule has 1 aliphatic carbocycles. The Bertz CT molecular complexity index is 447. The summed E-state index contributed by atoms with van der Waals surface area (Å²) < 4.78 is 0. The molecule has 1 heterocycles. The molecule has 0 saturated heterocycles. The minimum atomic E-state index is -0.996. The summed E-state index contributed by atoms with van der Waals surface area (Å²) in [6.07, 6.45) is 3.96. The summed E-state index contributed by atoms with van der Waals surface area (Å²) in [5, 5.41) is 13.9. The molecule has 0 aliphatic heterocycles. The van der Waals surface area contributed by atoms with Gasteiger partial charge < -0.3 is 10.4 Å². The summed E-state index contributed by atoms with van der Waals surface area (Å²) in [7, 11) is 0. The fourth-order valence-corrected chi connectivity index (χ4v) is 3.09. The molecule has 0 bridgehead atoms. The Hall–Kier alpha value is -1.36. The highest BCUT2D eigenvalue weighted by Crippen LogP contribution is 2.30. The van der Waals surface area contributed by atoms with Crippen LogP contribution in [-0.4, -0.2) is 17.0 Å². The second kappa shape index (κ2) is 5.52. The molecule has 0 unspecified atom stereocenters. The van der Waals surface area contributed by atoms with Crippen LogP contribution in [0.4, 0.5) is 5.00 Å². The summed E-state index contributed by atoms with van der Waals surface area (Å²) in [5.41, 5.74) is 0.178. The zero-order chi connectivity index (χ0) is 13.1. The fourth-order valence-electron chi connectivity index (χ4n) is 2.31. The first-order chi connectivity index (χ1) is 8.58. The van der Waals surface area contributed by atoms with Crippen LogP contribution < -0.4 is 5.32 Å². The topological polar surface area (TPSA) is 66.4 Å². The molecular formula is C13H17NO3S. The van der Waals surface area contributed by atoms with Gasteiger partial charge in [-0.2, -0.15) is 0 Å². The molecule has 1 saturated carbocycles. The van der Waals surface area contributed by atoms with Crippen LogP contribution >= 0.6 is 11.3 Å². The quantitative estimate of drug-likeness (QED) is 0.883. The maximum atomic E-state index is 12.0. The molecule has 18 heavy (non-hydrogen) atoms. The summed E-state index contributed by atoms with van der Waals surface area (Å²) in [5.74, 6) is -0.300. The molecule has 4 nitrogen and oxygen atoms in total. The highest BCUT2D eigenvalue weighted by Gasteiger charge is 2.25. The number of carboxylic acid groups (broad SMARTS) is 1. The highest BCUT2D eigenvalue weighted by molar-refractivity contribution is 7.14. The number of rotatable bonds is 3. The maximum absolute atomic E-state index is 12.0. The van der Waals surface area contributed by atoms with Gasteiger partial charge in [-0.05, 0) is 43.0 Å². The third-order valence-corrected chi connectivity index (χ3v) is 4.35. The predicted molar refractivity (Wildman–Crippen MR) is 71.0 cm³/mol. The predicted octanol–water partition coefficient (Wildman–Crippen LogP) is 3.21. The molecule has 1 aromatic rings. The van der Waals surface area contributed by atoms with E-state index in [0.717, 1.165) is 25.7 Å². The van der Waals surface area contributed by atoms with Crippen molar-refractivity contribution in [3.8, 4) is 0 Å². The van der Waals surface area contributed by atoms with E-state index in [-0.39, 0.29) is 17.4 Å². The lowest BCUT2D eigenvalue weighted by Gasteiger charge is -2.25. The molecule has 0 atom stereocenters. The Morgan fingerprint density at radius 1 is 1.33 bits per heavy atom. The number of hydrogen-bond acceptors (Lipinski definition) is 3. The van der Waals surface area contributed by atoms with Gasteiger partial charge >= 0.3 is 5.97 Å². The van der Waals surface area contributed by atoms with Gasteiger partial charge in [0.15, 0.2) is 0 Å². The van der Waals surface area contributed by atoms with Gasteiger partial charge in [0.2, 0.25) is 5.91 Å². The monoisotopic (exact) mass is 267 g/mol. The zero-order valence-electron chi connectivity index (χ0n) is 10.3. The van der Waals surface area contributed by atoms with Crippen LogP contribution in [0.3, 0.4) is 0 Å². The van der Waals surface area contributed by atoms with Crippen LogP contribution in [0.1, 0.15) is 43.0 Å². The molecule has 5 heteroatoms. The van der Waals surface area contributed by atoms with E-state index in [1.54, 1.807) is 5.38 Å². The standard InChI is InChI=1S/C13H17NO3S/c1-8-2-4-9(5-3-8)11(15)14-12-10(13(16)17)6-7-18-12/h6-9H,2-5H2,1H3,(H,14,15)(H,16,17). The normalized spacial score (nSPS) is 23.6. The van der Waals surface area contributed by atoms with E-state index < -0.39 is 5.97 Å². The number of amides is 1. The van der Waals surface area contributed by atoms with Crippen molar-refractivity contribution >= 4 is 28.2 Å². The molecule has 0 aromatic carbocycles. The fraction of sp³-hybridized carbons (Fsp3) is 0.538. The van der Waals surface area contributed by atoms with E-state index in [4.69, 9.17) is 5.11 Å². The summed E-state index contributed by atoms with van der Waals surface area (Å²) >= 11 is 1.26. The zero-order valence-corrected chi connectivity index (χ0v) is 11.1. The van der Waals surface area contributed by atoms with E-state index in [9.17, 15) is 9.59 Å². The molecule has 2 rings (SSSR count). The summed E-state index contributed by atoms with van der Waals surface area (Å²) in [6.45, 7) is 2.20. The summed E-state index contributed by atoms with van der Waals surface area (Å²) in [4.78, 5) is 23.0. The van der Waals surface area contributed by atoms with E-state index in [0.29, 0.717) is 10.9 Å². The number of nitrogens with one attached hydrogen (secondary N) is 1. The number of thiophene rings is 1. The van der Waals surface area contributed by atoms with Gasteiger partial charge in [-0.15, -0.1) is 11.3 Å². The van der Waals surface area contributed by atoms with Crippen LogP contribution in [0.2, 0.25) is 0 Å². The number of carbonyl (C=O) groups excluding carboxylic acids is 1. The van der Waals surface area contributed by atoms with Gasteiger partial charge in [0, 0.05) is 5.92 Å². The van der Waals surface area contributed by atoms with E-state index in [2.05, 4.69) is 12.2 Å². The molecular weight excluding hydrogens is 250 g/mol. The Labute approximate surface area is 110 Å². The smallest absolute Gasteiger partial charge is 0.338 e. The molecule has 1 aromatic heterocycles. The van der Waals surface area contributed by atoms with Crippen molar-refractivity contribution in [1.29, 1.82) is 0 Å². The second-order valence-electron chi connectivity index (χ2n) is 4.91. The highest BCUT2D eigenvalue weighted by atomic mass is 32.1. The van der Waals surface area contributed by atoms with E-state index in [1.165, 1.54) is 17.4 Å². The van der Waals surface area contributed by atoms with Crippen molar-refractivity contribution < 1.29 is 14.7 Å². The Kier molecular flexibility index (Phi) is 4.01. The van der Waals surface area contributed by atoms with Gasteiger partial charge in [-0.25, -0.2) is 4.79 Å². The van der Waals surface area contributed by atoms with Crippen molar-refractivity contribution in [3.05, 3.63) is 17.0 Å². The van der Waals surface area contributed by atoms with Gasteiger partial charge in [-0.3, -0.25) is 4.79 Å². The minimum absolute atomic E-state index is 0.0324. The molecule has 98 valence electrons. The minimum Gasteiger partial charge on any atom is -0.478 e. The van der Waals surface area contributed by atoms with E-state index >= 15 is 0 Å². The van der Waals surface area contributed by atoms with Gasteiger partial charge in [0.25, 0.3) is 0 Å². The lowest BCUT2D eigenvalue weighted by molar-refractivity contribution is -0.120. The molecule has 1 fully saturated rings. The van der Waals surface area contributed by atoms with Crippen LogP contribution in [0.15, 0.2) is 11.4 Å². The van der Waals surface area contributed by atoms with Crippen molar-refractivity contribution in [2.45, 2.75) is 32.6 Å². The lowest BCUT2D eigenvalue weighted by Crippen LogP contribution is -2.26. The van der Waals surface area contributed by atoms with Crippen molar-refractivity contribution in [3.63, 3.8) is 0 Å². The van der Waals surface area contributed by atoms with Crippen molar-refractivity contribution in [2.24, 2.45) is 11.8 Å². The third-order valence-electron chi connectivity index (χ3n) is 3.52. The molecule has 2 N–H and O–H groups in total. The average Bonchev–Trinajstić information content (AvgIpc) is 2.78. The lowest BCUT2D eigenvalue weighted by atomic mass is 9.82. The molecule has 0 radical (unpaired) electrons. The Morgan fingerprint density at radius 3 is 2.61 bits per heavy atom. The SMILES string of the molecule is CC1CCC(C(=O)Nc2sccc2C(=O)O)CC1. The first-order valence-electron chi connectivity index (χ1n) is 6.19. The van der Waals surface area contributed by atoms with Gasteiger partial charge in [0.05, 0.1) is 5.56 Å². The summed E-state index contributed by atoms with van der Waals surface area (Å²) in [6, 6.07) is 1.52. The van der Waals surface area contributed by atoms with E-state index in [1.807, 2.05) is 0 Å². The average molecular weight is 267 g/mol. The number of hydrogen-bond donors (Lipinski definition) is 2. The van der Waals surface area contributed by atoms with Crippen LogP contribution in [0.5, 0.6) is 0 Å². The third kappa shape index (κ3) is 2.90. The van der Waals surface area contributed by atoms with Crippen LogP contribution in [-0.2, 0) is 4.79 Å². The van der Waals surface area contributed by atoms with Gasteiger partial charge in [0.1, 0.15) is 5.00 Å². The molecule has 0 spiro atoms. The molecule has 1 amide bonds. The maximum Gasteiger partial charge on any atom is 0.338 e. The Morgan fingerprint density at radius 2 is 2.00 bits per heavy atom. The Balaban J connectivity index is 1.98. The van der Waals surface area contributed by atoms with Crippen LogP contribution in [0, 0.1) is 11.8 Å². The largest absolute Gasteiger partial charge is 0.478 e.